The topological polar surface area (TPSA) is 46.3 Å². The van der Waals surface area contributed by atoms with Crippen LogP contribution in [0, 0.1) is 0 Å². The lowest BCUT2D eigenvalue weighted by Crippen LogP contribution is -2.44. The van der Waals surface area contributed by atoms with Crippen molar-refractivity contribution in [1.82, 2.24) is 4.90 Å². The highest BCUT2D eigenvalue weighted by Gasteiger charge is 2.22. The Kier molecular flexibility index (Phi) is 4.75. The number of amides is 1. The molecular formula is C10H20N2OS. The second-order valence-corrected chi connectivity index (χ2v) is 5.36. The van der Waals surface area contributed by atoms with E-state index in [2.05, 4.69) is 6.92 Å². The summed E-state index contributed by atoms with van der Waals surface area (Å²) in [6.45, 7) is 5.92. The number of carbonyl (C=O) groups excluding carboxylic acids is 1. The molecule has 1 rings (SSSR count). The number of hydrogen-bond donors (Lipinski definition) is 1. The van der Waals surface area contributed by atoms with Crippen molar-refractivity contribution in [3.05, 3.63) is 0 Å². The van der Waals surface area contributed by atoms with E-state index in [0.29, 0.717) is 5.25 Å². The summed E-state index contributed by atoms with van der Waals surface area (Å²) < 4.78 is 0. The van der Waals surface area contributed by atoms with Crippen LogP contribution in [0.15, 0.2) is 0 Å². The largest absolute Gasteiger partial charge is 0.340 e. The maximum atomic E-state index is 11.8. The summed E-state index contributed by atoms with van der Waals surface area (Å²) in [5.74, 6) is 1.17. The molecule has 4 heteroatoms. The van der Waals surface area contributed by atoms with Crippen molar-refractivity contribution in [2.24, 2.45) is 5.73 Å². The highest BCUT2D eigenvalue weighted by atomic mass is 32.2. The summed E-state index contributed by atoms with van der Waals surface area (Å²) in [6, 6.07) is -0.298. The molecule has 3 nitrogen and oxygen atoms in total. The van der Waals surface area contributed by atoms with E-state index in [9.17, 15) is 4.79 Å². The van der Waals surface area contributed by atoms with Crippen molar-refractivity contribution in [2.45, 2.75) is 38.0 Å². The molecule has 2 atom stereocenters. The molecule has 1 amide bonds. The van der Waals surface area contributed by atoms with Gasteiger partial charge in [-0.3, -0.25) is 4.79 Å². The first kappa shape index (κ1) is 11.9. The van der Waals surface area contributed by atoms with Crippen LogP contribution in [0.5, 0.6) is 0 Å². The number of nitrogens with two attached hydrogens (primary N) is 1. The Labute approximate surface area is 90.4 Å². The van der Waals surface area contributed by atoms with Gasteiger partial charge in [-0.05, 0) is 12.8 Å². The summed E-state index contributed by atoms with van der Waals surface area (Å²) in [5, 5.41) is 0.672. The Balaban J connectivity index is 2.47. The quantitative estimate of drug-likeness (QED) is 0.751. The maximum absolute atomic E-state index is 11.8. The fourth-order valence-electron chi connectivity index (χ4n) is 1.53. The smallest absolute Gasteiger partial charge is 0.239 e. The fourth-order valence-corrected chi connectivity index (χ4v) is 2.53. The first-order chi connectivity index (χ1) is 6.65. The number of nitrogens with zero attached hydrogens (tertiary/aromatic N) is 1. The van der Waals surface area contributed by atoms with Gasteiger partial charge in [0.2, 0.25) is 5.91 Å². The fraction of sp³-hybridized carbons (Fsp3) is 0.900. The van der Waals surface area contributed by atoms with Crippen LogP contribution < -0.4 is 5.73 Å². The van der Waals surface area contributed by atoms with Crippen LogP contribution in [0.4, 0.5) is 0 Å². The molecule has 14 heavy (non-hydrogen) atoms. The normalized spacial score (nSPS) is 25.6. The van der Waals surface area contributed by atoms with Crippen LogP contribution in [-0.4, -0.2) is 40.9 Å². The molecule has 1 aliphatic heterocycles. The van der Waals surface area contributed by atoms with Crippen molar-refractivity contribution in [3.8, 4) is 0 Å². The molecule has 1 heterocycles. The SMILES string of the molecule is CC[C@H](N)C(=O)N1CCSC(C)CC1. The van der Waals surface area contributed by atoms with E-state index in [1.54, 1.807) is 0 Å². The summed E-state index contributed by atoms with van der Waals surface area (Å²) in [4.78, 5) is 13.7. The molecule has 0 aliphatic carbocycles. The zero-order valence-corrected chi connectivity index (χ0v) is 9.85. The van der Waals surface area contributed by atoms with Crippen molar-refractivity contribution >= 4 is 17.7 Å². The van der Waals surface area contributed by atoms with Crippen LogP contribution in [0.3, 0.4) is 0 Å². The summed E-state index contributed by atoms with van der Waals surface area (Å²) >= 11 is 1.94. The van der Waals surface area contributed by atoms with Gasteiger partial charge in [-0.2, -0.15) is 11.8 Å². The summed E-state index contributed by atoms with van der Waals surface area (Å²) in [6.07, 6.45) is 1.82. The minimum atomic E-state index is -0.298. The zero-order valence-electron chi connectivity index (χ0n) is 9.03. The van der Waals surface area contributed by atoms with Gasteiger partial charge in [0.05, 0.1) is 6.04 Å². The van der Waals surface area contributed by atoms with E-state index >= 15 is 0 Å². The number of hydrogen-bond acceptors (Lipinski definition) is 3. The zero-order chi connectivity index (χ0) is 10.6. The molecular weight excluding hydrogens is 196 g/mol. The molecule has 0 saturated carbocycles. The van der Waals surface area contributed by atoms with Gasteiger partial charge in [-0.1, -0.05) is 13.8 Å². The minimum Gasteiger partial charge on any atom is -0.340 e. The van der Waals surface area contributed by atoms with Gasteiger partial charge in [-0.15, -0.1) is 0 Å². The first-order valence-electron chi connectivity index (χ1n) is 5.31. The molecule has 0 bridgehead atoms. The van der Waals surface area contributed by atoms with E-state index in [0.717, 1.165) is 31.7 Å². The molecule has 82 valence electrons. The van der Waals surface area contributed by atoms with Crippen molar-refractivity contribution in [2.75, 3.05) is 18.8 Å². The molecule has 1 fully saturated rings. The third kappa shape index (κ3) is 3.17. The van der Waals surface area contributed by atoms with E-state index in [1.807, 2.05) is 23.6 Å². The standard InChI is InChI=1S/C10H20N2OS/c1-3-9(11)10(13)12-5-4-8(2)14-7-6-12/h8-9H,3-7,11H2,1-2H3/t8?,9-/m0/s1. The van der Waals surface area contributed by atoms with E-state index in [4.69, 9.17) is 5.73 Å². The number of carbonyl (C=O) groups is 1. The van der Waals surface area contributed by atoms with E-state index in [-0.39, 0.29) is 11.9 Å². The van der Waals surface area contributed by atoms with Crippen molar-refractivity contribution in [3.63, 3.8) is 0 Å². The van der Waals surface area contributed by atoms with Gasteiger partial charge in [0, 0.05) is 24.1 Å². The average molecular weight is 216 g/mol. The van der Waals surface area contributed by atoms with Crippen LogP contribution in [0.25, 0.3) is 0 Å². The summed E-state index contributed by atoms with van der Waals surface area (Å²) in [7, 11) is 0. The number of thioether (sulfide) groups is 1. The lowest BCUT2D eigenvalue weighted by atomic mass is 10.2. The Morgan fingerprint density at radius 2 is 2.36 bits per heavy atom. The van der Waals surface area contributed by atoms with Crippen molar-refractivity contribution in [1.29, 1.82) is 0 Å². The predicted octanol–water partition coefficient (Wildman–Crippen LogP) is 1.08. The monoisotopic (exact) mass is 216 g/mol. The Bertz CT molecular complexity index is 199. The summed E-state index contributed by atoms with van der Waals surface area (Å²) in [5.41, 5.74) is 5.73. The van der Waals surface area contributed by atoms with Gasteiger partial charge >= 0.3 is 0 Å². The second kappa shape index (κ2) is 5.61. The van der Waals surface area contributed by atoms with Crippen LogP contribution >= 0.6 is 11.8 Å². The van der Waals surface area contributed by atoms with Crippen molar-refractivity contribution < 1.29 is 4.79 Å². The van der Waals surface area contributed by atoms with Gasteiger partial charge in [0.15, 0.2) is 0 Å². The molecule has 0 aromatic rings. The molecule has 0 radical (unpaired) electrons. The third-order valence-corrected chi connectivity index (χ3v) is 3.86. The molecule has 0 spiro atoms. The highest BCUT2D eigenvalue weighted by Crippen LogP contribution is 2.18. The van der Waals surface area contributed by atoms with Crippen LogP contribution in [-0.2, 0) is 4.79 Å². The lowest BCUT2D eigenvalue weighted by Gasteiger charge is -2.23. The molecule has 1 saturated heterocycles. The Morgan fingerprint density at radius 1 is 1.64 bits per heavy atom. The number of rotatable bonds is 2. The second-order valence-electron chi connectivity index (χ2n) is 3.81. The molecule has 1 unspecified atom stereocenters. The minimum absolute atomic E-state index is 0.127. The lowest BCUT2D eigenvalue weighted by molar-refractivity contribution is -0.132. The van der Waals surface area contributed by atoms with Crippen LogP contribution in [0.2, 0.25) is 0 Å². The highest BCUT2D eigenvalue weighted by molar-refractivity contribution is 7.99. The van der Waals surface area contributed by atoms with E-state index < -0.39 is 0 Å². The molecule has 1 aliphatic rings. The van der Waals surface area contributed by atoms with Gasteiger partial charge < -0.3 is 10.6 Å². The average Bonchev–Trinajstić information content (AvgIpc) is 2.40. The van der Waals surface area contributed by atoms with E-state index in [1.165, 1.54) is 0 Å². The Hall–Kier alpha value is -0.220. The third-order valence-electron chi connectivity index (χ3n) is 2.64. The molecule has 2 N–H and O–H groups in total. The predicted molar refractivity (Wildman–Crippen MR) is 61.4 cm³/mol. The van der Waals surface area contributed by atoms with Gasteiger partial charge in [-0.25, -0.2) is 0 Å². The first-order valence-corrected chi connectivity index (χ1v) is 6.36. The Morgan fingerprint density at radius 3 is 3.00 bits per heavy atom. The van der Waals surface area contributed by atoms with Gasteiger partial charge in [0.25, 0.3) is 0 Å². The van der Waals surface area contributed by atoms with Gasteiger partial charge in [0.1, 0.15) is 0 Å². The van der Waals surface area contributed by atoms with Crippen LogP contribution in [0.1, 0.15) is 26.7 Å². The molecule has 0 aromatic heterocycles. The maximum Gasteiger partial charge on any atom is 0.239 e. The molecule has 0 aromatic carbocycles.